The van der Waals surface area contributed by atoms with Crippen LogP contribution in [0.1, 0.15) is 49.3 Å². The first-order chi connectivity index (χ1) is 14.5. The van der Waals surface area contributed by atoms with Crippen molar-refractivity contribution in [3.8, 4) is 0 Å². The zero-order valence-electron chi connectivity index (χ0n) is 19.1. The number of piperidine rings is 1. The number of aryl methyl sites for hydroxylation is 2. The maximum Gasteiger partial charge on any atom is 0.228 e. The smallest absolute Gasteiger partial charge is 0.228 e. The van der Waals surface area contributed by atoms with Crippen LogP contribution in [-0.4, -0.2) is 67.7 Å². The van der Waals surface area contributed by atoms with Gasteiger partial charge in [0.15, 0.2) is 0 Å². The standard InChI is InChI=1S/C25H39N3O2/c1-4-27-10-8-22-16-23(28-11-13-30-14-12-28)7-9-25(22,18-27)24(29)26-17-21-6-5-19(2)20(3)15-21/h5-6,15,22-23H,4,7-14,16-18H2,1-3H3,(H,26,29)/t22-,23+,25-/m1/s1. The van der Waals surface area contributed by atoms with Gasteiger partial charge in [-0.1, -0.05) is 25.1 Å². The minimum absolute atomic E-state index is 0.225. The molecule has 0 radical (unpaired) electrons. The van der Waals surface area contributed by atoms with Crippen LogP contribution in [0.4, 0.5) is 0 Å². The van der Waals surface area contributed by atoms with Crippen LogP contribution in [-0.2, 0) is 16.1 Å². The molecule has 0 aromatic heterocycles. The first-order valence-electron chi connectivity index (χ1n) is 11.9. The van der Waals surface area contributed by atoms with Crippen LogP contribution in [0.25, 0.3) is 0 Å². The molecule has 3 atom stereocenters. The van der Waals surface area contributed by atoms with Gasteiger partial charge in [0.1, 0.15) is 0 Å². The van der Waals surface area contributed by atoms with Crippen molar-refractivity contribution in [1.82, 2.24) is 15.1 Å². The first-order valence-corrected chi connectivity index (χ1v) is 11.9. The van der Waals surface area contributed by atoms with E-state index < -0.39 is 0 Å². The molecule has 3 aliphatic rings. The number of likely N-dealkylation sites (tertiary alicyclic amines) is 1. The van der Waals surface area contributed by atoms with E-state index in [4.69, 9.17) is 4.74 Å². The number of carbonyl (C=O) groups is 1. The average Bonchev–Trinajstić information content (AvgIpc) is 2.79. The van der Waals surface area contributed by atoms with E-state index in [2.05, 4.69) is 54.1 Å². The van der Waals surface area contributed by atoms with E-state index in [0.717, 1.165) is 71.6 Å². The van der Waals surface area contributed by atoms with Crippen LogP contribution in [0.15, 0.2) is 18.2 Å². The Balaban J connectivity index is 1.46. The van der Waals surface area contributed by atoms with Gasteiger partial charge in [-0.25, -0.2) is 0 Å². The molecule has 3 fully saturated rings. The van der Waals surface area contributed by atoms with Gasteiger partial charge in [0.25, 0.3) is 0 Å². The Kier molecular flexibility index (Phi) is 6.81. The summed E-state index contributed by atoms with van der Waals surface area (Å²) in [7, 11) is 0. The SMILES string of the molecule is CCN1CC[C@@H]2C[C@@H](N3CCOCC3)CC[C@@]2(C(=O)NCc2ccc(C)c(C)c2)C1. The Morgan fingerprint density at radius 3 is 2.70 bits per heavy atom. The summed E-state index contributed by atoms with van der Waals surface area (Å²) in [6.45, 7) is 14.0. The molecule has 166 valence electrons. The molecule has 1 aromatic carbocycles. The molecule has 1 amide bonds. The van der Waals surface area contributed by atoms with Gasteiger partial charge in [-0.15, -0.1) is 0 Å². The molecule has 0 unspecified atom stereocenters. The minimum atomic E-state index is -0.225. The molecule has 5 nitrogen and oxygen atoms in total. The number of carbonyl (C=O) groups excluding carboxylic acids is 1. The van der Waals surface area contributed by atoms with Crippen molar-refractivity contribution in [2.75, 3.05) is 45.9 Å². The fourth-order valence-corrected chi connectivity index (χ4v) is 5.91. The van der Waals surface area contributed by atoms with Crippen LogP contribution in [0.5, 0.6) is 0 Å². The predicted octanol–water partition coefficient (Wildman–Crippen LogP) is 3.13. The highest BCUT2D eigenvalue weighted by atomic mass is 16.5. The molecule has 2 heterocycles. The van der Waals surface area contributed by atoms with Crippen molar-refractivity contribution in [1.29, 1.82) is 0 Å². The largest absolute Gasteiger partial charge is 0.379 e. The highest BCUT2D eigenvalue weighted by Gasteiger charge is 2.52. The van der Waals surface area contributed by atoms with Gasteiger partial charge in [-0.2, -0.15) is 0 Å². The Labute approximate surface area is 182 Å². The van der Waals surface area contributed by atoms with Gasteiger partial charge in [0, 0.05) is 32.2 Å². The van der Waals surface area contributed by atoms with E-state index in [-0.39, 0.29) is 11.3 Å². The summed E-state index contributed by atoms with van der Waals surface area (Å²) >= 11 is 0. The monoisotopic (exact) mass is 413 g/mol. The molecular formula is C25H39N3O2. The maximum absolute atomic E-state index is 13.7. The summed E-state index contributed by atoms with van der Waals surface area (Å²) in [6.07, 6.45) is 4.44. The molecule has 1 aromatic rings. The Morgan fingerprint density at radius 1 is 1.17 bits per heavy atom. The number of ether oxygens (including phenoxy) is 1. The third kappa shape index (κ3) is 4.44. The van der Waals surface area contributed by atoms with Crippen molar-refractivity contribution in [3.05, 3.63) is 34.9 Å². The van der Waals surface area contributed by atoms with Crippen molar-refractivity contribution < 1.29 is 9.53 Å². The number of amides is 1. The molecule has 2 saturated heterocycles. The van der Waals surface area contributed by atoms with Crippen LogP contribution in [0.2, 0.25) is 0 Å². The lowest BCUT2D eigenvalue weighted by Crippen LogP contribution is -2.60. The second-order valence-electron chi connectivity index (χ2n) is 9.69. The van der Waals surface area contributed by atoms with E-state index in [1.165, 1.54) is 16.7 Å². The van der Waals surface area contributed by atoms with Crippen LogP contribution >= 0.6 is 0 Å². The summed E-state index contributed by atoms with van der Waals surface area (Å²) in [5.74, 6) is 0.769. The lowest BCUT2D eigenvalue weighted by molar-refractivity contribution is -0.145. The number of morpholine rings is 1. The topological polar surface area (TPSA) is 44.8 Å². The van der Waals surface area contributed by atoms with E-state index in [0.29, 0.717) is 18.5 Å². The number of hydrogen-bond acceptors (Lipinski definition) is 4. The van der Waals surface area contributed by atoms with Crippen LogP contribution in [0, 0.1) is 25.2 Å². The Morgan fingerprint density at radius 2 is 1.97 bits per heavy atom. The van der Waals surface area contributed by atoms with E-state index in [1.807, 2.05) is 0 Å². The summed E-state index contributed by atoms with van der Waals surface area (Å²) < 4.78 is 5.56. The second kappa shape index (κ2) is 9.37. The third-order valence-electron chi connectivity index (χ3n) is 8.05. The average molecular weight is 414 g/mol. The zero-order valence-corrected chi connectivity index (χ0v) is 19.1. The summed E-state index contributed by atoms with van der Waals surface area (Å²) in [6, 6.07) is 7.13. The van der Waals surface area contributed by atoms with Gasteiger partial charge in [-0.05, 0) is 75.2 Å². The van der Waals surface area contributed by atoms with Crippen molar-refractivity contribution in [2.24, 2.45) is 11.3 Å². The molecule has 1 N–H and O–H groups in total. The Hall–Kier alpha value is -1.43. The van der Waals surface area contributed by atoms with Crippen LogP contribution < -0.4 is 5.32 Å². The molecule has 0 bridgehead atoms. The molecule has 1 saturated carbocycles. The fraction of sp³-hybridized carbons (Fsp3) is 0.720. The molecule has 4 rings (SSSR count). The number of nitrogens with zero attached hydrogens (tertiary/aromatic N) is 2. The molecular weight excluding hydrogens is 374 g/mol. The predicted molar refractivity (Wildman–Crippen MR) is 120 cm³/mol. The fourth-order valence-electron chi connectivity index (χ4n) is 5.91. The van der Waals surface area contributed by atoms with Gasteiger partial charge < -0.3 is 15.0 Å². The van der Waals surface area contributed by atoms with Crippen molar-refractivity contribution in [2.45, 2.75) is 59.0 Å². The lowest BCUT2D eigenvalue weighted by Gasteiger charge is -2.53. The number of rotatable bonds is 5. The van der Waals surface area contributed by atoms with Gasteiger partial charge in [0.05, 0.1) is 18.6 Å². The van der Waals surface area contributed by atoms with Gasteiger partial charge in [0.2, 0.25) is 5.91 Å². The third-order valence-corrected chi connectivity index (χ3v) is 8.05. The van der Waals surface area contributed by atoms with Gasteiger partial charge >= 0.3 is 0 Å². The van der Waals surface area contributed by atoms with Gasteiger partial charge in [-0.3, -0.25) is 9.69 Å². The quantitative estimate of drug-likeness (QED) is 0.806. The number of hydrogen-bond donors (Lipinski definition) is 1. The van der Waals surface area contributed by atoms with E-state index in [9.17, 15) is 4.79 Å². The maximum atomic E-state index is 13.7. The summed E-state index contributed by atoms with van der Waals surface area (Å²) in [5, 5.41) is 3.35. The number of fused-ring (bicyclic) bond motifs is 1. The number of nitrogens with one attached hydrogen (secondary N) is 1. The lowest BCUT2D eigenvalue weighted by atomic mass is 9.61. The number of benzene rings is 1. The van der Waals surface area contributed by atoms with Crippen molar-refractivity contribution in [3.63, 3.8) is 0 Å². The summed E-state index contributed by atoms with van der Waals surface area (Å²) in [5.41, 5.74) is 3.57. The molecule has 1 aliphatic carbocycles. The Bertz CT molecular complexity index is 746. The second-order valence-corrected chi connectivity index (χ2v) is 9.69. The molecule has 30 heavy (non-hydrogen) atoms. The first kappa shape index (κ1) is 21.8. The molecule has 5 heteroatoms. The van der Waals surface area contributed by atoms with E-state index in [1.54, 1.807) is 0 Å². The zero-order chi connectivity index (χ0) is 21.1. The normalized spacial score (nSPS) is 30.6. The molecule has 0 spiro atoms. The minimum Gasteiger partial charge on any atom is -0.379 e. The highest BCUT2D eigenvalue weighted by Crippen LogP contribution is 2.47. The highest BCUT2D eigenvalue weighted by molar-refractivity contribution is 5.83. The van der Waals surface area contributed by atoms with Crippen LogP contribution in [0.3, 0.4) is 0 Å². The van der Waals surface area contributed by atoms with Crippen molar-refractivity contribution >= 4 is 5.91 Å². The van der Waals surface area contributed by atoms with E-state index >= 15 is 0 Å². The molecule has 2 aliphatic heterocycles. The summed E-state index contributed by atoms with van der Waals surface area (Å²) in [4.78, 5) is 18.8.